The number of hydrogen-bond acceptors (Lipinski definition) is 7. The number of amides is 1. The van der Waals surface area contributed by atoms with E-state index in [1.54, 1.807) is 31.3 Å². The van der Waals surface area contributed by atoms with Crippen LogP contribution in [0.1, 0.15) is 39.5 Å². The van der Waals surface area contributed by atoms with Gasteiger partial charge in [-0.25, -0.2) is 4.98 Å². The van der Waals surface area contributed by atoms with E-state index in [1.807, 2.05) is 30.3 Å². The van der Waals surface area contributed by atoms with E-state index in [-0.39, 0.29) is 16.5 Å². The molecule has 0 radical (unpaired) electrons. The van der Waals surface area contributed by atoms with Crippen molar-refractivity contribution in [3.05, 3.63) is 94.0 Å². The number of aliphatic hydroxyl groups is 1. The van der Waals surface area contributed by atoms with E-state index in [1.165, 1.54) is 24.1 Å². The minimum atomic E-state index is -0.922. The number of carbonyl (C=O) groups excluding carboxylic acids is 3. The van der Waals surface area contributed by atoms with Crippen molar-refractivity contribution in [2.24, 2.45) is 0 Å². The molecule has 0 fully saturated rings. The van der Waals surface area contributed by atoms with Crippen LogP contribution < -0.4 is 4.90 Å². The first kappa shape index (κ1) is 21.3. The van der Waals surface area contributed by atoms with Crippen LogP contribution in [0.3, 0.4) is 0 Å². The predicted octanol–water partition coefficient (Wildman–Crippen LogP) is 4.23. The third-order valence-electron chi connectivity index (χ3n) is 5.01. The molecule has 32 heavy (non-hydrogen) atoms. The smallest absolute Gasteiger partial charge is 0.296 e. The van der Waals surface area contributed by atoms with E-state index in [4.69, 9.17) is 0 Å². The maximum atomic E-state index is 13.1. The summed E-state index contributed by atoms with van der Waals surface area (Å²) >= 11 is 1.05. The number of benzene rings is 1. The summed E-state index contributed by atoms with van der Waals surface area (Å²) in [5, 5.41) is 10.9. The van der Waals surface area contributed by atoms with Crippen molar-refractivity contribution >= 4 is 40.0 Å². The van der Waals surface area contributed by atoms with Gasteiger partial charge in [-0.1, -0.05) is 53.8 Å². The largest absolute Gasteiger partial charge is 0.503 e. The van der Waals surface area contributed by atoms with Crippen LogP contribution in [-0.2, 0) is 9.59 Å². The second-order valence-electron chi connectivity index (χ2n) is 7.20. The Hall–Kier alpha value is -3.91. The SMILES string of the molecule is CC(=O)c1sc(N2C(=O)C(O)=C(C(=O)C=Cc3ccccc3)C2c2cccnc2)nc1C. The minimum absolute atomic E-state index is 0.0626. The van der Waals surface area contributed by atoms with Gasteiger partial charge in [0, 0.05) is 19.3 Å². The molecule has 1 unspecified atom stereocenters. The average molecular weight is 446 g/mol. The second-order valence-corrected chi connectivity index (χ2v) is 8.18. The van der Waals surface area contributed by atoms with E-state index < -0.39 is 23.5 Å². The molecule has 1 amide bonds. The highest BCUT2D eigenvalue weighted by molar-refractivity contribution is 7.17. The Morgan fingerprint density at radius 1 is 1.16 bits per heavy atom. The van der Waals surface area contributed by atoms with E-state index in [0.29, 0.717) is 16.1 Å². The topological polar surface area (TPSA) is 100 Å². The van der Waals surface area contributed by atoms with E-state index >= 15 is 0 Å². The lowest BCUT2D eigenvalue weighted by Crippen LogP contribution is -2.30. The fraction of sp³-hybridized carbons (Fsp3) is 0.125. The van der Waals surface area contributed by atoms with Crippen LogP contribution >= 0.6 is 11.3 Å². The first-order chi connectivity index (χ1) is 15.4. The highest BCUT2D eigenvalue weighted by atomic mass is 32.1. The van der Waals surface area contributed by atoms with Gasteiger partial charge in [0.05, 0.1) is 22.2 Å². The minimum Gasteiger partial charge on any atom is -0.503 e. The van der Waals surface area contributed by atoms with Crippen molar-refractivity contribution in [3.63, 3.8) is 0 Å². The molecule has 1 aliphatic rings. The molecule has 0 spiro atoms. The van der Waals surface area contributed by atoms with Gasteiger partial charge in [0.1, 0.15) is 0 Å². The number of ketones is 2. The first-order valence-electron chi connectivity index (χ1n) is 9.81. The van der Waals surface area contributed by atoms with Crippen LogP contribution in [0.2, 0.25) is 0 Å². The quantitative estimate of drug-likeness (QED) is 0.450. The van der Waals surface area contributed by atoms with E-state index in [0.717, 1.165) is 16.9 Å². The summed E-state index contributed by atoms with van der Waals surface area (Å²) in [4.78, 5) is 48.3. The molecule has 3 aromatic rings. The zero-order chi connectivity index (χ0) is 22.8. The van der Waals surface area contributed by atoms with Crippen LogP contribution in [0.25, 0.3) is 6.08 Å². The Labute approximate surface area is 188 Å². The van der Waals surface area contributed by atoms with Crippen LogP contribution in [0.4, 0.5) is 5.13 Å². The molecular weight excluding hydrogens is 426 g/mol. The maximum absolute atomic E-state index is 13.1. The molecule has 0 aliphatic carbocycles. The van der Waals surface area contributed by atoms with Gasteiger partial charge >= 0.3 is 0 Å². The molecule has 1 N–H and O–H groups in total. The van der Waals surface area contributed by atoms with Crippen molar-refractivity contribution < 1.29 is 19.5 Å². The number of carbonyl (C=O) groups is 3. The predicted molar refractivity (Wildman–Crippen MR) is 121 cm³/mol. The number of anilines is 1. The molecule has 8 heteroatoms. The van der Waals surface area contributed by atoms with Crippen molar-refractivity contribution in [1.82, 2.24) is 9.97 Å². The van der Waals surface area contributed by atoms with Crippen molar-refractivity contribution in [3.8, 4) is 0 Å². The number of hydrogen-bond donors (Lipinski definition) is 1. The van der Waals surface area contributed by atoms with Gasteiger partial charge in [0.25, 0.3) is 5.91 Å². The molecule has 7 nitrogen and oxygen atoms in total. The van der Waals surface area contributed by atoms with Crippen molar-refractivity contribution in [1.29, 1.82) is 0 Å². The number of thiazole rings is 1. The standard InChI is InChI=1S/C24H19N3O4S/c1-14-22(15(2)28)32-24(26-14)27-20(17-9-6-12-25-13-17)19(21(30)23(27)31)18(29)11-10-16-7-4-3-5-8-16/h3-13,20,30H,1-2H3. The third kappa shape index (κ3) is 3.88. The third-order valence-corrected chi connectivity index (χ3v) is 6.27. The lowest BCUT2D eigenvalue weighted by molar-refractivity contribution is -0.117. The number of pyridine rings is 1. The lowest BCUT2D eigenvalue weighted by atomic mass is 9.97. The van der Waals surface area contributed by atoms with Crippen LogP contribution in [0.15, 0.2) is 72.3 Å². The molecule has 1 aromatic carbocycles. The average Bonchev–Trinajstić information content (AvgIpc) is 3.31. The lowest BCUT2D eigenvalue weighted by Gasteiger charge is -2.23. The summed E-state index contributed by atoms with van der Waals surface area (Å²) < 4.78 is 0. The zero-order valence-electron chi connectivity index (χ0n) is 17.4. The summed E-state index contributed by atoms with van der Waals surface area (Å²) in [6, 6.07) is 11.7. The van der Waals surface area contributed by atoms with E-state index in [9.17, 15) is 19.5 Å². The van der Waals surface area contributed by atoms with Crippen molar-refractivity contribution in [2.75, 3.05) is 4.90 Å². The van der Waals surface area contributed by atoms with Gasteiger partial charge in [-0.15, -0.1) is 0 Å². The molecule has 0 saturated heterocycles. The van der Waals surface area contributed by atoms with Crippen LogP contribution in [0, 0.1) is 6.92 Å². The van der Waals surface area contributed by atoms with Crippen molar-refractivity contribution in [2.45, 2.75) is 19.9 Å². The number of nitrogens with zero attached hydrogens (tertiary/aromatic N) is 3. The number of aliphatic hydroxyl groups excluding tert-OH is 1. The maximum Gasteiger partial charge on any atom is 0.296 e. The summed E-state index contributed by atoms with van der Waals surface area (Å²) in [5.41, 5.74) is 1.77. The Bertz CT molecular complexity index is 1260. The number of allylic oxidation sites excluding steroid dienone is 1. The fourth-order valence-corrected chi connectivity index (χ4v) is 4.53. The first-order valence-corrected chi connectivity index (χ1v) is 10.6. The molecule has 4 rings (SSSR count). The summed E-state index contributed by atoms with van der Waals surface area (Å²) in [7, 11) is 0. The Morgan fingerprint density at radius 2 is 1.91 bits per heavy atom. The van der Waals surface area contributed by atoms with Gasteiger partial charge < -0.3 is 5.11 Å². The molecular formula is C24H19N3O4S. The van der Waals surface area contributed by atoms with E-state index in [2.05, 4.69) is 9.97 Å². The monoisotopic (exact) mass is 445 g/mol. The molecule has 1 atom stereocenters. The van der Waals surface area contributed by atoms with Crippen LogP contribution in [0.5, 0.6) is 0 Å². The molecule has 3 heterocycles. The molecule has 2 aromatic heterocycles. The van der Waals surface area contributed by atoms with Gasteiger partial charge in [-0.3, -0.25) is 24.3 Å². The Morgan fingerprint density at radius 3 is 2.53 bits per heavy atom. The number of aryl methyl sites for hydroxylation is 1. The Balaban J connectivity index is 1.79. The highest BCUT2D eigenvalue weighted by Crippen LogP contribution is 2.42. The molecule has 0 saturated carbocycles. The molecule has 1 aliphatic heterocycles. The summed E-state index contributed by atoms with van der Waals surface area (Å²) in [6.07, 6.45) is 6.06. The summed E-state index contributed by atoms with van der Waals surface area (Å²) in [6.45, 7) is 3.10. The number of rotatable bonds is 6. The van der Waals surface area contributed by atoms with Gasteiger partial charge in [0.2, 0.25) is 0 Å². The van der Waals surface area contributed by atoms with Crippen LogP contribution in [-0.4, -0.2) is 32.5 Å². The van der Waals surface area contributed by atoms with Gasteiger partial charge in [0.15, 0.2) is 22.5 Å². The summed E-state index contributed by atoms with van der Waals surface area (Å²) in [5.74, 6) is -2.07. The highest BCUT2D eigenvalue weighted by Gasteiger charge is 2.45. The molecule has 0 bridgehead atoms. The number of Topliss-reactive ketones (excluding diaryl/α,β-unsaturated/α-hetero) is 1. The zero-order valence-corrected chi connectivity index (χ0v) is 18.2. The van der Waals surface area contributed by atoms with Gasteiger partial charge in [-0.2, -0.15) is 0 Å². The Kier molecular flexibility index (Phi) is 5.79. The second kappa shape index (κ2) is 8.68. The number of aromatic nitrogens is 2. The van der Waals surface area contributed by atoms with Gasteiger partial charge in [-0.05, 0) is 30.2 Å². The fourth-order valence-electron chi connectivity index (χ4n) is 3.55. The normalized spacial score (nSPS) is 16.2. The molecule has 160 valence electrons.